The molecule has 6 rings (SSSR count). The van der Waals surface area contributed by atoms with Crippen molar-refractivity contribution in [3.8, 4) is 11.1 Å². The summed E-state index contributed by atoms with van der Waals surface area (Å²) in [6.07, 6.45) is 3.06. The van der Waals surface area contributed by atoms with Gasteiger partial charge in [-0.25, -0.2) is 0 Å². The van der Waals surface area contributed by atoms with Crippen LogP contribution in [0.15, 0.2) is 47.8 Å². The van der Waals surface area contributed by atoms with Crippen LogP contribution in [0.2, 0.25) is 0 Å². The summed E-state index contributed by atoms with van der Waals surface area (Å²) in [5.74, 6) is -3.72. The number of rotatable bonds is 6. The van der Waals surface area contributed by atoms with Crippen molar-refractivity contribution < 1.29 is 32.6 Å². The molecule has 0 radical (unpaired) electrons. The molecule has 3 aromatic rings. The number of nitrogens with one attached hydrogen (secondary N) is 3. The van der Waals surface area contributed by atoms with Crippen molar-refractivity contribution in [2.75, 3.05) is 33.9 Å². The van der Waals surface area contributed by atoms with Crippen LogP contribution in [0.25, 0.3) is 11.1 Å². The second-order valence-electron chi connectivity index (χ2n) is 11.4. The van der Waals surface area contributed by atoms with Gasteiger partial charge in [-0.15, -0.1) is 11.3 Å². The summed E-state index contributed by atoms with van der Waals surface area (Å²) in [7, 11) is 3.75. The van der Waals surface area contributed by atoms with Gasteiger partial charge in [-0.2, -0.15) is 8.78 Å². The van der Waals surface area contributed by atoms with Gasteiger partial charge in [0.15, 0.2) is 5.79 Å². The first kappa shape index (κ1) is 37.4. The number of hydrogen-bond acceptors (Lipinski definition) is 8. The number of alkyl halides is 2. The predicted octanol–water partition coefficient (Wildman–Crippen LogP) is 4.51. The third-order valence-electron chi connectivity index (χ3n) is 7.82. The number of primary amides is 1. The number of amides is 3. The number of carbonyl (C=O) groups excluding carboxylic acids is 3. The number of carbonyl (C=O) groups is 3. The highest BCUT2D eigenvalue weighted by molar-refractivity contribution is 7.10. The number of nitrogens with two attached hydrogens (primary N) is 1. The molecule has 0 bridgehead atoms. The Balaban J connectivity index is 0.000000278. The van der Waals surface area contributed by atoms with E-state index in [1.54, 1.807) is 40.5 Å². The molecule has 2 aliphatic heterocycles. The SMILES string of the molecule is CNC.C[C@@H](NC=O)c1cc(C=N)cs1.Cc1ccc2c(c1)C(F)(F)c1ccc(CC(=O)N3CC4(CC3C)OCCO4)cc1-2.NC=O. The molecule has 5 N–H and O–H groups in total. The normalized spacial score (nSPS) is 18.2. The van der Waals surface area contributed by atoms with Gasteiger partial charge in [0.1, 0.15) is 0 Å². The molecule has 1 unspecified atom stereocenters. The molecule has 1 aromatic heterocycles. The van der Waals surface area contributed by atoms with Crippen molar-refractivity contribution in [1.29, 1.82) is 5.41 Å². The van der Waals surface area contributed by atoms with Crippen LogP contribution in [0.3, 0.4) is 0 Å². The summed E-state index contributed by atoms with van der Waals surface area (Å²) in [5.41, 5.74) is 7.71. The molecule has 2 aromatic carbocycles. The fourth-order valence-corrected chi connectivity index (χ4v) is 6.59. The molecule has 13 heteroatoms. The summed E-state index contributed by atoms with van der Waals surface area (Å²) in [6.45, 7) is 7.22. The third-order valence-corrected chi connectivity index (χ3v) is 8.95. The maximum atomic E-state index is 14.9. The monoisotopic (exact) mass is 671 g/mol. The maximum Gasteiger partial charge on any atom is 0.299 e. The average Bonchev–Trinajstić information content (AvgIpc) is 3.81. The van der Waals surface area contributed by atoms with Gasteiger partial charge >= 0.3 is 0 Å². The van der Waals surface area contributed by atoms with Crippen LogP contribution in [-0.4, -0.2) is 75.5 Å². The van der Waals surface area contributed by atoms with Gasteiger partial charge in [-0.1, -0.05) is 35.9 Å². The minimum atomic E-state index is -3.01. The molecule has 1 aliphatic carbocycles. The zero-order valence-electron chi connectivity index (χ0n) is 27.3. The van der Waals surface area contributed by atoms with Crippen molar-refractivity contribution in [2.45, 2.75) is 57.4 Å². The average molecular weight is 672 g/mol. The molecule has 2 atom stereocenters. The molecule has 10 nitrogen and oxygen atoms in total. The highest BCUT2D eigenvalue weighted by Gasteiger charge is 2.48. The van der Waals surface area contributed by atoms with Gasteiger partial charge in [0.2, 0.25) is 18.7 Å². The van der Waals surface area contributed by atoms with Crippen LogP contribution in [0.5, 0.6) is 0 Å². The number of thiophene rings is 1. The van der Waals surface area contributed by atoms with E-state index in [4.69, 9.17) is 19.7 Å². The second kappa shape index (κ2) is 16.7. The number of likely N-dealkylation sites (tertiary alicyclic amines) is 1. The topological polar surface area (TPSA) is 147 Å². The van der Waals surface area contributed by atoms with Gasteiger partial charge in [0, 0.05) is 40.2 Å². The van der Waals surface area contributed by atoms with Crippen LogP contribution < -0.4 is 16.4 Å². The molecule has 3 aliphatic rings. The number of halogens is 2. The fourth-order valence-electron chi connectivity index (χ4n) is 5.71. The number of hydrogen-bond donors (Lipinski definition) is 4. The summed E-state index contributed by atoms with van der Waals surface area (Å²) >= 11 is 1.55. The number of benzene rings is 2. The zero-order chi connectivity index (χ0) is 34.8. The Morgan fingerprint density at radius 3 is 2.38 bits per heavy atom. The van der Waals surface area contributed by atoms with Gasteiger partial charge < -0.3 is 36.2 Å². The minimum Gasteiger partial charge on any atom is -0.372 e. The second-order valence-corrected chi connectivity index (χ2v) is 12.4. The maximum absolute atomic E-state index is 14.9. The number of aryl methyl sites for hydroxylation is 1. The Hall–Kier alpha value is -4.04. The standard InChI is InChI=1S/C23H23F2NO3.C8H10N2OS.C2H7N.CH3NO/c1-14-3-5-17-18-10-16(4-6-19(18)23(24,25)20(17)9-14)11-21(27)26-13-22(12-15(26)2)28-7-8-29-22;1-6(10-5-11)8-2-7(3-9)4-12-8;1-3-2;2-1-3/h3-6,9-10,15H,7-8,11-13H2,1-2H3;2-6,9H,1H3,(H,10,11);3H,1-2H3;1H,(H2,2,3)/t;6-;;/m.1../s1. The Kier molecular flexibility index (Phi) is 13.3. The largest absolute Gasteiger partial charge is 0.372 e. The van der Waals surface area contributed by atoms with E-state index in [-0.39, 0.29) is 41.9 Å². The molecule has 0 saturated carbocycles. The first-order chi connectivity index (χ1) is 22.4. The van der Waals surface area contributed by atoms with Crippen molar-refractivity contribution in [1.82, 2.24) is 15.5 Å². The van der Waals surface area contributed by atoms with Crippen LogP contribution >= 0.6 is 11.3 Å². The number of ether oxygens (including phenoxy) is 2. The Bertz CT molecular complexity index is 1540. The van der Waals surface area contributed by atoms with Gasteiger partial charge in [0.05, 0.1) is 32.2 Å². The lowest BCUT2D eigenvalue weighted by Gasteiger charge is -2.23. The first-order valence-electron chi connectivity index (χ1n) is 15.1. The van der Waals surface area contributed by atoms with E-state index in [1.165, 1.54) is 12.3 Å². The molecule has 2 fully saturated rings. The van der Waals surface area contributed by atoms with Crippen molar-refractivity contribution in [3.63, 3.8) is 0 Å². The molecule has 1 spiro atoms. The quantitative estimate of drug-likeness (QED) is 0.224. The van der Waals surface area contributed by atoms with E-state index in [1.807, 2.05) is 52.4 Å². The van der Waals surface area contributed by atoms with E-state index in [2.05, 4.69) is 16.4 Å². The Morgan fingerprint density at radius 2 is 1.79 bits per heavy atom. The Labute approximate surface area is 278 Å². The van der Waals surface area contributed by atoms with Gasteiger partial charge in [-0.05, 0) is 69.1 Å². The fraction of sp³-hybridized carbons (Fsp3) is 0.412. The van der Waals surface area contributed by atoms with Crippen LogP contribution in [0.4, 0.5) is 8.78 Å². The van der Waals surface area contributed by atoms with Crippen LogP contribution in [-0.2, 0) is 36.2 Å². The highest BCUT2D eigenvalue weighted by atomic mass is 32.1. The van der Waals surface area contributed by atoms with Crippen LogP contribution in [0.1, 0.15) is 59.0 Å². The number of fused-ring (bicyclic) bond motifs is 3. The predicted molar refractivity (Wildman–Crippen MR) is 179 cm³/mol. The van der Waals surface area contributed by atoms with Gasteiger partial charge in [0.25, 0.3) is 5.92 Å². The molecular weight excluding hydrogens is 628 g/mol. The molecule has 254 valence electrons. The smallest absolute Gasteiger partial charge is 0.299 e. The molecule has 2 saturated heterocycles. The molecular formula is C34H43F2N5O5S. The summed E-state index contributed by atoms with van der Waals surface area (Å²) in [6, 6.07) is 11.9. The molecule has 47 heavy (non-hydrogen) atoms. The van der Waals surface area contributed by atoms with E-state index in [0.29, 0.717) is 43.7 Å². The van der Waals surface area contributed by atoms with E-state index in [0.717, 1.165) is 21.6 Å². The lowest BCUT2D eigenvalue weighted by Crippen LogP contribution is -2.39. The third kappa shape index (κ3) is 8.86. The van der Waals surface area contributed by atoms with E-state index in [9.17, 15) is 18.4 Å². The van der Waals surface area contributed by atoms with Gasteiger partial charge in [-0.3, -0.25) is 14.4 Å². The Morgan fingerprint density at radius 1 is 1.13 bits per heavy atom. The first-order valence-corrected chi connectivity index (χ1v) is 16.0. The summed E-state index contributed by atoms with van der Waals surface area (Å²) in [4.78, 5) is 34.5. The van der Waals surface area contributed by atoms with Crippen molar-refractivity contribution in [3.05, 3.63) is 80.5 Å². The lowest BCUT2D eigenvalue weighted by atomic mass is 10.0. The molecule has 3 heterocycles. The van der Waals surface area contributed by atoms with Crippen LogP contribution in [0, 0.1) is 12.3 Å². The van der Waals surface area contributed by atoms with E-state index < -0.39 is 11.7 Å². The summed E-state index contributed by atoms with van der Waals surface area (Å²) in [5, 5.41) is 14.3. The minimum absolute atomic E-state index is 0.00977. The van der Waals surface area contributed by atoms with Crippen molar-refractivity contribution >= 4 is 36.3 Å². The highest BCUT2D eigenvalue weighted by Crippen LogP contribution is 2.51. The summed E-state index contributed by atoms with van der Waals surface area (Å²) < 4.78 is 41.2. The van der Waals surface area contributed by atoms with Crippen molar-refractivity contribution in [2.24, 2.45) is 5.73 Å². The zero-order valence-corrected chi connectivity index (χ0v) is 28.1. The lowest BCUT2D eigenvalue weighted by molar-refractivity contribution is -0.152. The molecule has 3 amide bonds. The number of nitrogens with zero attached hydrogens (tertiary/aromatic N) is 1. The van der Waals surface area contributed by atoms with E-state index >= 15 is 0 Å².